The van der Waals surface area contributed by atoms with Gasteiger partial charge in [0, 0.05) is 24.7 Å². The lowest BCUT2D eigenvalue weighted by Gasteiger charge is -2.48. The maximum absolute atomic E-state index is 13.2. The van der Waals surface area contributed by atoms with Crippen LogP contribution in [0.1, 0.15) is 35.8 Å². The predicted octanol–water partition coefficient (Wildman–Crippen LogP) is 1.68. The zero-order valence-corrected chi connectivity index (χ0v) is 15.2. The van der Waals surface area contributed by atoms with Crippen molar-refractivity contribution in [2.24, 2.45) is 5.41 Å². The van der Waals surface area contributed by atoms with Crippen molar-refractivity contribution >= 4 is 23.6 Å². The second-order valence-corrected chi connectivity index (χ2v) is 7.34. The minimum Gasteiger partial charge on any atom is -0.508 e. The van der Waals surface area contributed by atoms with E-state index in [-0.39, 0.29) is 30.1 Å². The number of rotatable bonds is 2. The number of phenols is 2. The topological polar surface area (TPSA) is 133 Å². The van der Waals surface area contributed by atoms with Gasteiger partial charge in [0.1, 0.15) is 22.7 Å². The fourth-order valence-corrected chi connectivity index (χ4v) is 4.46. The summed E-state index contributed by atoms with van der Waals surface area (Å²) in [4.78, 5) is 50.8. The number of hydrogen-bond acceptors (Lipinski definition) is 6. The molecule has 1 aliphatic carbocycles. The highest BCUT2D eigenvalue weighted by molar-refractivity contribution is 6.21. The standard InChI is InChI=1S/C21H18N2O6/c24-13-5-1-11(2-6-13)16-9-15(26)10-17(12-3-7-14(25)8-4-12)21(16)18(27)22-20(29)23-19(21)28/h1-8,16-17,24-25H,9-10H2,(H2,22,23,27,28,29). The molecule has 4 N–H and O–H groups in total. The molecule has 1 heterocycles. The number of hydrogen-bond donors (Lipinski definition) is 4. The fraction of sp³-hybridized carbons (Fsp3) is 0.238. The molecule has 0 bridgehead atoms. The van der Waals surface area contributed by atoms with E-state index in [0.29, 0.717) is 11.1 Å². The van der Waals surface area contributed by atoms with E-state index < -0.39 is 35.1 Å². The lowest BCUT2D eigenvalue weighted by atomic mass is 9.54. The van der Waals surface area contributed by atoms with Crippen molar-refractivity contribution < 1.29 is 29.4 Å². The Hall–Kier alpha value is -3.68. The summed E-state index contributed by atoms with van der Waals surface area (Å²) in [5.41, 5.74) is -0.686. The Morgan fingerprint density at radius 1 is 0.690 bits per heavy atom. The lowest BCUT2D eigenvalue weighted by Crippen LogP contribution is -2.67. The molecule has 4 amide bonds. The molecule has 1 saturated heterocycles. The molecule has 1 saturated carbocycles. The molecule has 2 fully saturated rings. The first-order valence-electron chi connectivity index (χ1n) is 9.08. The van der Waals surface area contributed by atoms with Crippen LogP contribution < -0.4 is 10.6 Å². The number of nitrogens with one attached hydrogen (secondary N) is 2. The maximum Gasteiger partial charge on any atom is 0.328 e. The molecule has 148 valence electrons. The summed E-state index contributed by atoms with van der Waals surface area (Å²) < 4.78 is 0. The van der Waals surface area contributed by atoms with E-state index in [1.165, 1.54) is 24.3 Å². The number of barbiturate groups is 1. The van der Waals surface area contributed by atoms with Gasteiger partial charge in [0.05, 0.1) is 0 Å². The number of Topliss-reactive ketones (excluding diaryl/α,β-unsaturated/α-hetero) is 1. The summed E-state index contributed by atoms with van der Waals surface area (Å²) in [6, 6.07) is 11.0. The van der Waals surface area contributed by atoms with Crippen LogP contribution in [0.3, 0.4) is 0 Å². The van der Waals surface area contributed by atoms with Crippen LogP contribution in [0.15, 0.2) is 48.5 Å². The third-order valence-corrected chi connectivity index (χ3v) is 5.76. The highest BCUT2D eigenvalue weighted by Gasteiger charge is 2.63. The van der Waals surface area contributed by atoms with Crippen LogP contribution in [0.4, 0.5) is 4.79 Å². The van der Waals surface area contributed by atoms with Crippen molar-refractivity contribution in [2.45, 2.75) is 24.7 Å². The van der Waals surface area contributed by atoms with E-state index in [9.17, 15) is 29.4 Å². The van der Waals surface area contributed by atoms with Gasteiger partial charge in [-0.1, -0.05) is 24.3 Å². The first kappa shape index (κ1) is 18.7. The average molecular weight is 394 g/mol. The van der Waals surface area contributed by atoms with E-state index >= 15 is 0 Å². The predicted molar refractivity (Wildman–Crippen MR) is 100 cm³/mol. The highest BCUT2D eigenvalue weighted by atomic mass is 16.3. The second-order valence-electron chi connectivity index (χ2n) is 7.34. The van der Waals surface area contributed by atoms with Gasteiger partial charge in [-0.3, -0.25) is 25.0 Å². The number of urea groups is 1. The molecule has 29 heavy (non-hydrogen) atoms. The van der Waals surface area contributed by atoms with Crippen molar-refractivity contribution in [1.29, 1.82) is 0 Å². The summed E-state index contributed by atoms with van der Waals surface area (Å²) in [6.07, 6.45) is -0.122. The maximum atomic E-state index is 13.2. The van der Waals surface area contributed by atoms with Crippen LogP contribution in [-0.2, 0) is 14.4 Å². The number of phenolic OH excluding ortho intramolecular Hbond substituents is 2. The monoisotopic (exact) mass is 394 g/mol. The number of benzene rings is 2. The summed E-state index contributed by atoms with van der Waals surface area (Å²) in [5, 5.41) is 23.6. The van der Waals surface area contributed by atoms with Gasteiger partial charge in [0.25, 0.3) is 0 Å². The molecule has 8 heteroatoms. The SMILES string of the molecule is O=C1CC(c2ccc(O)cc2)C2(C(=O)NC(=O)NC2=O)C(c2ccc(O)cc2)C1. The van der Waals surface area contributed by atoms with Gasteiger partial charge in [-0.05, 0) is 35.4 Å². The zero-order valence-electron chi connectivity index (χ0n) is 15.2. The fourth-order valence-electron chi connectivity index (χ4n) is 4.46. The van der Waals surface area contributed by atoms with E-state index in [2.05, 4.69) is 10.6 Å². The van der Waals surface area contributed by atoms with Crippen LogP contribution in [0.25, 0.3) is 0 Å². The summed E-state index contributed by atoms with van der Waals surface area (Å²) >= 11 is 0. The third-order valence-electron chi connectivity index (χ3n) is 5.76. The molecule has 2 atom stereocenters. The summed E-state index contributed by atoms with van der Waals surface area (Å²) in [6.45, 7) is 0. The van der Waals surface area contributed by atoms with Crippen LogP contribution in [0, 0.1) is 5.41 Å². The third kappa shape index (κ3) is 2.93. The number of carbonyl (C=O) groups excluding carboxylic acids is 4. The first-order valence-corrected chi connectivity index (χ1v) is 9.08. The van der Waals surface area contributed by atoms with E-state index in [1.807, 2.05) is 0 Å². The number of imide groups is 2. The smallest absolute Gasteiger partial charge is 0.328 e. The molecule has 2 unspecified atom stereocenters. The molecule has 2 aliphatic rings. The van der Waals surface area contributed by atoms with Crippen molar-refractivity contribution in [3.63, 3.8) is 0 Å². The Morgan fingerprint density at radius 3 is 1.45 bits per heavy atom. The molecule has 2 aromatic carbocycles. The summed E-state index contributed by atoms with van der Waals surface area (Å²) in [5.74, 6) is -3.33. The zero-order chi connectivity index (χ0) is 20.8. The molecule has 8 nitrogen and oxygen atoms in total. The van der Waals surface area contributed by atoms with E-state index in [1.54, 1.807) is 24.3 Å². The van der Waals surface area contributed by atoms with E-state index in [0.717, 1.165) is 0 Å². The molecule has 0 radical (unpaired) electrons. The van der Waals surface area contributed by atoms with Gasteiger partial charge >= 0.3 is 6.03 Å². The van der Waals surface area contributed by atoms with Gasteiger partial charge < -0.3 is 10.2 Å². The average Bonchev–Trinajstić information content (AvgIpc) is 2.67. The molecular formula is C21H18N2O6. The normalized spacial score (nSPS) is 23.6. The molecule has 0 aromatic heterocycles. The Balaban J connectivity index is 1.93. The Morgan fingerprint density at radius 2 is 1.07 bits per heavy atom. The Kier molecular flexibility index (Phi) is 4.34. The minimum atomic E-state index is -1.74. The van der Waals surface area contributed by atoms with Gasteiger partial charge in [0.15, 0.2) is 0 Å². The number of aromatic hydroxyl groups is 2. The molecular weight excluding hydrogens is 376 g/mol. The second kappa shape index (κ2) is 6.73. The largest absolute Gasteiger partial charge is 0.508 e. The van der Waals surface area contributed by atoms with E-state index in [4.69, 9.17) is 0 Å². The number of ketones is 1. The quantitative estimate of drug-likeness (QED) is 0.573. The van der Waals surface area contributed by atoms with Gasteiger partial charge in [0.2, 0.25) is 11.8 Å². The molecule has 2 aromatic rings. The van der Waals surface area contributed by atoms with Crippen LogP contribution in [0.5, 0.6) is 11.5 Å². The van der Waals surface area contributed by atoms with Gasteiger partial charge in [-0.15, -0.1) is 0 Å². The molecule has 4 rings (SSSR count). The molecule has 1 spiro atoms. The Labute approximate surface area is 165 Å². The minimum absolute atomic E-state index is 0.00717. The Bertz CT molecular complexity index is 933. The van der Waals surface area contributed by atoms with Crippen molar-refractivity contribution in [3.8, 4) is 11.5 Å². The van der Waals surface area contributed by atoms with Gasteiger partial charge in [-0.2, -0.15) is 0 Å². The van der Waals surface area contributed by atoms with Crippen LogP contribution >= 0.6 is 0 Å². The summed E-state index contributed by atoms with van der Waals surface area (Å²) in [7, 11) is 0. The lowest BCUT2D eigenvalue weighted by molar-refractivity contribution is -0.151. The van der Waals surface area contributed by atoms with Crippen molar-refractivity contribution in [2.75, 3.05) is 0 Å². The first-order chi connectivity index (χ1) is 13.8. The van der Waals surface area contributed by atoms with Gasteiger partial charge in [-0.25, -0.2) is 4.79 Å². The molecule has 1 aliphatic heterocycles. The van der Waals surface area contributed by atoms with Crippen LogP contribution in [0.2, 0.25) is 0 Å². The highest BCUT2D eigenvalue weighted by Crippen LogP contribution is 2.55. The van der Waals surface area contributed by atoms with Crippen molar-refractivity contribution in [3.05, 3.63) is 59.7 Å². The van der Waals surface area contributed by atoms with Crippen LogP contribution in [-0.4, -0.2) is 33.8 Å². The number of carbonyl (C=O) groups is 4. The van der Waals surface area contributed by atoms with Crippen molar-refractivity contribution in [1.82, 2.24) is 10.6 Å². The number of amides is 4.